The van der Waals surface area contributed by atoms with Crippen LogP contribution in [0.2, 0.25) is 0 Å². The van der Waals surface area contributed by atoms with Gasteiger partial charge in [0.25, 0.3) is 5.91 Å². The molecule has 1 amide bonds. The molecule has 2 aromatic rings. The van der Waals surface area contributed by atoms with Gasteiger partial charge in [-0.1, -0.05) is 6.08 Å². The second-order valence-corrected chi connectivity index (χ2v) is 7.18. The summed E-state index contributed by atoms with van der Waals surface area (Å²) in [5, 5.41) is 28.7. The van der Waals surface area contributed by atoms with Crippen molar-refractivity contribution in [2.75, 3.05) is 11.9 Å². The Morgan fingerprint density at radius 2 is 2.34 bits per heavy atom. The van der Waals surface area contributed by atoms with Gasteiger partial charge in [-0.25, -0.2) is 9.97 Å². The lowest BCUT2D eigenvalue weighted by Gasteiger charge is -2.36. The van der Waals surface area contributed by atoms with E-state index in [0.29, 0.717) is 12.4 Å². The molecule has 0 aliphatic carbocycles. The molecule has 0 radical (unpaired) electrons. The summed E-state index contributed by atoms with van der Waals surface area (Å²) in [7, 11) is 1.84. The number of hydrogen-bond donors (Lipinski definition) is 3. The second-order valence-electron chi connectivity index (χ2n) is 7.18. The van der Waals surface area contributed by atoms with E-state index in [1.807, 2.05) is 30.3 Å². The number of aliphatic hydroxyl groups excluding tert-OH is 1. The van der Waals surface area contributed by atoms with Crippen molar-refractivity contribution < 1.29 is 9.90 Å². The number of hydrogen-bond acceptors (Lipinski definition) is 8. The number of aryl methyl sites for hydroxylation is 1. The van der Waals surface area contributed by atoms with Crippen LogP contribution in [0, 0.1) is 11.3 Å². The highest BCUT2D eigenvalue weighted by atomic mass is 16.3. The van der Waals surface area contributed by atoms with E-state index >= 15 is 0 Å². The summed E-state index contributed by atoms with van der Waals surface area (Å²) in [4.78, 5) is 22.8. The average Bonchev–Trinajstić information content (AvgIpc) is 3.24. The highest BCUT2D eigenvalue weighted by Gasteiger charge is 2.42. The van der Waals surface area contributed by atoms with Crippen molar-refractivity contribution in [1.29, 1.82) is 5.26 Å². The van der Waals surface area contributed by atoms with Crippen LogP contribution in [0.1, 0.15) is 25.0 Å². The van der Waals surface area contributed by atoms with E-state index in [1.54, 1.807) is 17.1 Å². The standard InChI is InChI=1S/C19H22N8O2/c1-26-11-13(10-23-26)24-19-22-6-4-16(25-19)12-8-14-2-3-15(9-12)27(14)18(29)17(28)21-7-5-20/h4,6,8,10-11,14-15,18,29H,2-3,7,9H2,1H3,(H,21,28)(H,22,24,25). The van der Waals surface area contributed by atoms with Crippen LogP contribution in [-0.4, -0.2) is 60.5 Å². The van der Waals surface area contributed by atoms with Crippen molar-refractivity contribution in [3.05, 3.63) is 36.4 Å². The van der Waals surface area contributed by atoms with Crippen molar-refractivity contribution in [2.24, 2.45) is 7.05 Å². The molecule has 4 heterocycles. The number of fused-ring (bicyclic) bond motifs is 2. The Morgan fingerprint density at radius 1 is 1.48 bits per heavy atom. The molecule has 10 nitrogen and oxygen atoms in total. The number of carbonyl (C=O) groups is 1. The molecule has 2 aliphatic rings. The molecule has 3 N–H and O–H groups in total. The molecule has 0 spiro atoms. The first-order chi connectivity index (χ1) is 14.0. The number of rotatable bonds is 6. The molecular weight excluding hydrogens is 372 g/mol. The van der Waals surface area contributed by atoms with Crippen LogP contribution in [0.4, 0.5) is 11.6 Å². The molecular formula is C19H22N8O2. The van der Waals surface area contributed by atoms with Crippen LogP contribution in [0.5, 0.6) is 0 Å². The molecule has 2 bridgehead atoms. The SMILES string of the molecule is Cn1cc(Nc2nccc(C3=CC4CCC(C3)N4C(O)C(=O)NCC#N)n2)cn1. The normalized spacial score (nSPS) is 21.9. The molecule has 10 heteroatoms. The van der Waals surface area contributed by atoms with Crippen LogP contribution < -0.4 is 10.6 Å². The minimum atomic E-state index is -1.26. The number of nitrogens with zero attached hydrogens (tertiary/aromatic N) is 6. The minimum Gasteiger partial charge on any atom is -0.370 e. The van der Waals surface area contributed by atoms with Gasteiger partial charge >= 0.3 is 0 Å². The van der Waals surface area contributed by atoms with E-state index in [4.69, 9.17) is 5.26 Å². The third-order valence-corrected chi connectivity index (χ3v) is 5.25. The number of amides is 1. The molecule has 1 saturated heterocycles. The van der Waals surface area contributed by atoms with Crippen LogP contribution in [0.25, 0.3) is 5.57 Å². The molecule has 0 saturated carbocycles. The first-order valence-electron chi connectivity index (χ1n) is 9.45. The van der Waals surface area contributed by atoms with Gasteiger partial charge in [0.15, 0.2) is 6.23 Å². The maximum atomic E-state index is 12.1. The predicted molar refractivity (Wildman–Crippen MR) is 104 cm³/mol. The van der Waals surface area contributed by atoms with E-state index in [0.717, 1.165) is 29.8 Å². The van der Waals surface area contributed by atoms with Crippen molar-refractivity contribution >= 4 is 23.1 Å². The fourth-order valence-corrected chi connectivity index (χ4v) is 4.00. The summed E-state index contributed by atoms with van der Waals surface area (Å²) in [5.41, 5.74) is 2.71. The molecule has 0 aromatic carbocycles. The fraction of sp³-hybridized carbons (Fsp3) is 0.421. The van der Waals surface area contributed by atoms with Crippen LogP contribution in [0.3, 0.4) is 0 Å². The van der Waals surface area contributed by atoms with Gasteiger partial charge in [0.1, 0.15) is 6.54 Å². The van der Waals surface area contributed by atoms with Crippen LogP contribution >= 0.6 is 0 Å². The van der Waals surface area contributed by atoms with Crippen molar-refractivity contribution in [2.45, 2.75) is 37.6 Å². The highest BCUT2D eigenvalue weighted by Crippen LogP contribution is 2.39. The van der Waals surface area contributed by atoms with Gasteiger partial charge in [0.05, 0.1) is 23.6 Å². The molecule has 1 fully saturated rings. The zero-order valence-electron chi connectivity index (χ0n) is 16.0. The number of nitriles is 1. The summed E-state index contributed by atoms with van der Waals surface area (Å²) >= 11 is 0. The number of aromatic nitrogens is 4. The average molecular weight is 394 g/mol. The van der Waals surface area contributed by atoms with Gasteiger partial charge in [0.2, 0.25) is 5.95 Å². The number of carbonyl (C=O) groups excluding carboxylic acids is 1. The summed E-state index contributed by atoms with van der Waals surface area (Å²) in [6, 6.07) is 3.72. The topological polar surface area (TPSA) is 132 Å². The largest absolute Gasteiger partial charge is 0.370 e. The third-order valence-electron chi connectivity index (χ3n) is 5.25. The van der Waals surface area contributed by atoms with Crippen LogP contribution in [0.15, 0.2) is 30.7 Å². The van der Waals surface area contributed by atoms with Gasteiger partial charge in [-0.05, 0) is 30.9 Å². The monoisotopic (exact) mass is 394 g/mol. The van der Waals surface area contributed by atoms with E-state index in [1.165, 1.54) is 0 Å². The predicted octanol–water partition coefficient (Wildman–Crippen LogP) is 0.532. The Labute approximate surface area is 167 Å². The summed E-state index contributed by atoms with van der Waals surface area (Å²) < 4.78 is 1.69. The summed E-state index contributed by atoms with van der Waals surface area (Å²) in [6.07, 6.45) is 8.50. The number of nitrogens with one attached hydrogen (secondary N) is 2. The van der Waals surface area contributed by atoms with E-state index in [9.17, 15) is 9.90 Å². The smallest absolute Gasteiger partial charge is 0.265 e. The Balaban J connectivity index is 1.50. The molecule has 2 aromatic heterocycles. The van der Waals surface area contributed by atoms with Gasteiger partial charge in [-0.2, -0.15) is 10.4 Å². The maximum absolute atomic E-state index is 12.1. The highest BCUT2D eigenvalue weighted by molar-refractivity contribution is 5.80. The number of aliphatic hydroxyl groups is 1. The summed E-state index contributed by atoms with van der Waals surface area (Å²) in [5.74, 6) is -0.0487. The lowest BCUT2D eigenvalue weighted by Crippen LogP contribution is -2.53. The van der Waals surface area contributed by atoms with Crippen molar-refractivity contribution in [3.8, 4) is 6.07 Å². The quantitative estimate of drug-likeness (QED) is 0.605. The Bertz CT molecular complexity index is 979. The molecule has 29 heavy (non-hydrogen) atoms. The van der Waals surface area contributed by atoms with Gasteiger partial charge < -0.3 is 15.7 Å². The molecule has 3 atom stereocenters. The van der Waals surface area contributed by atoms with Crippen LogP contribution in [-0.2, 0) is 11.8 Å². The van der Waals surface area contributed by atoms with E-state index in [-0.39, 0.29) is 18.6 Å². The van der Waals surface area contributed by atoms with E-state index < -0.39 is 12.1 Å². The molecule has 4 rings (SSSR count). The Kier molecular flexibility index (Phi) is 5.24. The molecule has 150 valence electrons. The van der Waals surface area contributed by atoms with Gasteiger partial charge in [0, 0.05) is 31.5 Å². The zero-order valence-corrected chi connectivity index (χ0v) is 16.0. The molecule has 2 aliphatic heterocycles. The van der Waals surface area contributed by atoms with Crippen molar-refractivity contribution in [1.82, 2.24) is 30.0 Å². The number of anilines is 2. The lowest BCUT2D eigenvalue weighted by molar-refractivity contribution is -0.141. The lowest BCUT2D eigenvalue weighted by atomic mass is 9.98. The Morgan fingerprint density at radius 3 is 3.07 bits per heavy atom. The summed E-state index contributed by atoms with van der Waals surface area (Å²) in [6.45, 7) is -0.117. The third kappa shape index (κ3) is 3.96. The Hall–Kier alpha value is -3.29. The molecule has 3 unspecified atom stereocenters. The zero-order chi connectivity index (χ0) is 20.4. The van der Waals surface area contributed by atoms with Gasteiger partial charge in [-0.15, -0.1) is 0 Å². The maximum Gasteiger partial charge on any atom is 0.265 e. The van der Waals surface area contributed by atoms with Crippen molar-refractivity contribution in [3.63, 3.8) is 0 Å². The fourth-order valence-electron chi connectivity index (χ4n) is 4.00. The first-order valence-corrected chi connectivity index (χ1v) is 9.45. The first kappa shape index (κ1) is 19.0. The minimum absolute atomic E-state index is 0.0451. The second kappa shape index (κ2) is 7.98. The van der Waals surface area contributed by atoms with Gasteiger partial charge in [-0.3, -0.25) is 14.4 Å². The van der Waals surface area contributed by atoms with E-state index in [2.05, 4.69) is 31.8 Å².